The Kier molecular flexibility index (Phi) is 4.04. The summed E-state index contributed by atoms with van der Waals surface area (Å²) in [6.07, 6.45) is 0.863. The number of methoxy groups -OCH3 is 1. The molecule has 1 aliphatic rings. The maximum atomic E-state index is 11.9. The molecule has 1 aromatic carbocycles. The minimum absolute atomic E-state index is 0.0452. The van der Waals surface area contributed by atoms with Crippen molar-refractivity contribution in [3.05, 3.63) is 24.3 Å². The molecule has 1 N–H and O–H groups in total. The van der Waals surface area contributed by atoms with Crippen molar-refractivity contribution in [1.29, 1.82) is 0 Å². The summed E-state index contributed by atoms with van der Waals surface area (Å²) in [7, 11) is 1.56. The summed E-state index contributed by atoms with van der Waals surface area (Å²) in [5.41, 5.74) is 0.683. The van der Waals surface area contributed by atoms with Crippen molar-refractivity contribution in [2.45, 2.75) is 18.9 Å². The first kappa shape index (κ1) is 12.7. The fourth-order valence-corrected chi connectivity index (χ4v) is 2.18. The Morgan fingerprint density at radius 3 is 3.00 bits per heavy atom. The number of hydrogen-bond donors (Lipinski definition) is 1. The van der Waals surface area contributed by atoms with Crippen LogP contribution in [-0.4, -0.2) is 37.6 Å². The molecular formula is C13H17NO4. The lowest BCUT2D eigenvalue weighted by molar-refractivity contribution is 0.123. The molecule has 98 valence electrons. The van der Waals surface area contributed by atoms with E-state index in [2.05, 4.69) is 0 Å². The molecule has 0 bridgehead atoms. The van der Waals surface area contributed by atoms with Gasteiger partial charge in [-0.3, -0.25) is 4.90 Å². The number of anilines is 1. The Hall–Kier alpha value is -1.75. The second-order valence-electron chi connectivity index (χ2n) is 4.11. The number of cyclic esters (lactones) is 1. The first-order chi connectivity index (χ1) is 8.77. The molecule has 0 radical (unpaired) electrons. The van der Waals surface area contributed by atoms with Gasteiger partial charge in [0.25, 0.3) is 0 Å². The summed E-state index contributed by atoms with van der Waals surface area (Å²) in [4.78, 5) is 13.5. The molecule has 1 atom stereocenters. The lowest BCUT2D eigenvalue weighted by atomic mass is 10.1. The van der Waals surface area contributed by atoms with Crippen molar-refractivity contribution in [3.63, 3.8) is 0 Å². The quantitative estimate of drug-likeness (QED) is 0.886. The van der Waals surface area contributed by atoms with Crippen molar-refractivity contribution in [1.82, 2.24) is 0 Å². The SMILES string of the molecule is COc1ccccc1N1C(=O)OCCC1CCO. The number of benzene rings is 1. The molecule has 0 spiro atoms. The van der Waals surface area contributed by atoms with Gasteiger partial charge >= 0.3 is 6.09 Å². The highest BCUT2D eigenvalue weighted by molar-refractivity contribution is 5.90. The van der Waals surface area contributed by atoms with Gasteiger partial charge in [0.05, 0.1) is 19.4 Å². The van der Waals surface area contributed by atoms with Crippen LogP contribution in [0.5, 0.6) is 5.75 Å². The molecule has 5 nitrogen and oxygen atoms in total. The van der Waals surface area contributed by atoms with Crippen LogP contribution in [0, 0.1) is 0 Å². The minimum atomic E-state index is -0.385. The molecule has 0 aliphatic carbocycles. The molecule has 2 rings (SSSR count). The predicted octanol–water partition coefficient (Wildman–Crippen LogP) is 1.79. The topological polar surface area (TPSA) is 59.0 Å². The third kappa shape index (κ3) is 2.41. The van der Waals surface area contributed by atoms with E-state index in [0.29, 0.717) is 30.9 Å². The van der Waals surface area contributed by atoms with Crippen molar-refractivity contribution >= 4 is 11.8 Å². The van der Waals surface area contributed by atoms with Gasteiger partial charge in [-0.25, -0.2) is 4.79 Å². The van der Waals surface area contributed by atoms with Crippen LogP contribution in [0.3, 0.4) is 0 Å². The number of ether oxygens (including phenoxy) is 2. The fraction of sp³-hybridized carbons (Fsp3) is 0.462. The Morgan fingerprint density at radius 2 is 2.28 bits per heavy atom. The third-order valence-corrected chi connectivity index (χ3v) is 3.05. The number of carbonyl (C=O) groups excluding carboxylic acids is 1. The molecule has 1 amide bonds. The molecule has 1 saturated heterocycles. The number of hydrogen-bond acceptors (Lipinski definition) is 4. The predicted molar refractivity (Wildman–Crippen MR) is 66.9 cm³/mol. The summed E-state index contributed by atoms with van der Waals surface area (Å²) in [5, 5.41) is 9.09. The molecule has 18 heavy (non-hydrogen) atoms. The number of para-hydroxylation sites is 2. The zero-order valence-electron chi connectivity index (χ0n) is 10.3. The smallest absolute Gasteiger partial charge is 0.414 e. The van der Waals surface area contributed by atoms with Crippen molar-refractivity contribution in [3.8, 4) is 5.75 Å². The Labute approximate surface area is 106 Å². The van der Waals surface area contributed by atoms with E-state index < -0.39 is 0 Å². The second kappa shape index (κ2) is 5.73. The van der Waals surface area contributed by atoms with Crippen LogP contribution in [-0.2, 0) is 4.74 Å². The summed E-state index contributed by atoms with van der Waals surface area (Å²) < 4.78 is 10.3. The normalized spacial score (nSPS) is 19.6. The molecule has 5 heteroatoms. The van der Waals surface area contributed by atoms with Gasteiger partial charge in [0.2, 0.25) is 0 Å². The van der Waals surface area contributed by atoms with Crippen LogP contribution < -0.4 is 9.64 Å². The standard InChI is InChI=1S/C13H17NO4/c1-17-12-5-3-2-4-11(12)14-10(6-8-15)7-9-18-13(14)16/h2-5,10,15H,6-9H2,1H3. The minimum Gasteiger partial charge on any atom is -0.495 e. The largest absolute Gasteiger partial charge is 0.495 e. The Bertz CT molecular complexity index is 419. The van der Waals surface area contributed by atoms with E-state index in [1.165, 1.54) is 0 Å². The zero-order chi connectivity index (χ0) is 13.0. The van der Waals surface area contributed by atoms with E-state index in [-0.39, 0.29) is 18.7 Å². The highest BCUT2D eigenvalue weighted by atomic mass is 16.6. The van der Waals surface area contributed by atoms with Gasteiger partial charge < -0.3 is 14.6 Å². The van der Waals surface area contributed by atoms with E-state index in [4.69, 9.17) is 14.6 Å². The maximum absolute atomic E-state index is 11.9. The van der Waals surface area contributed by atoms with Crippen LogP contribution in [0.25, 0.3) is 0 Å². The number of aliphatic hydroxyl groups is 1. The second-order valence-corrected chi connectivity index (χ2v) is 4.11. The van der Waals surface area contributed by atoms with Gasteiger partial charge in [-0.2, -0.15) is 0 Å². The number of nitrogens with zero attached hydrogens (tertiary/aromatic N) is 1. The van der Waals surface area contributed by atoms with Crippen molar-refractivity contribution in [2.75, 3.05) is 25.2 Å². The van der Waals surface area contributed by atoms with Crippen LogP contribution in [0.4, 0.5) is 10.5 Å². The fourth-order valence-electron chi connectivity index (χ4n) is 2.18. The highest BCUT2D eigenvalue weighted by Crippen LogP contribution is 2.32. The summed E-state index contributed by atoms with van der Waals surface area (Å²) in [6, 6.07) is 7.25. The van der Waals surface area contributed by atoms with Crippen molar-refractivity contribution in [2.24, 2.45) is 0 Å². The van der Waals surface area contributed by atoms with Gasteiger partial charge in [-0.05, 0) is 18.6 Å². The van der Waals surface area contributed by atoms with Gasteiger partial charge in [-0.15, -0.1) is 0 Å². The molecule has 1 fully saturated rings. The number of carbonyl (C=O) groups is 1. The van der Waals surface area contributed by atoms with Crippen molar-refractivity contribution < 1.29 is 19.4 Å². The number of rotatable bonds is 4. The molecule has 0 aromatic heterocycles. The maximum Gasteiger partial charge on any atom is 0.414 e. The first-order valence-corrected chi connectivity index (χ1v) is 5.97. The molecule has 1 aliphatic heterocycles. The van der Waals surface area contributed by atoms with Crippen LogP contribution in [0.15, 0.2) is 24.3 Å². The van der Waals surface area contributed by atoms with Gasteiger partial charge in [0, 0.05) is 19.1 Å². The summed E-state index contributed by atoms with van der Waals surface area (Å²) >= 11 is 0. The molecule has 0 saturated carbocycles. The third-order valence-electron chi connectivity index (χ3n) is 3.05. The Morgan fingerprint density at radius 1 is 1.50 bits per heavy atom. The Balaban J connectivity index is 2.34. The lowest BCUT2D eigenvalue weighted by Gasteiger charge is -2.35. The zero-order valence-corrected chi connectivity index (χ0v) is 10.3. The van der Waals surface area contributed by atoms with E-state index >= 15 is 0 Å². The molecule has 1 aromatic rings. The van der Waals surface area contributed by atoms with Gasteiger partial charge in [-0.1, -0.05) is 12.1 Å². The molecule has 1 unspecified atom stereocenters. The summed E-state index contributed by atoms with van der Waals surface area (Å²) in [6.45, 7) is 0.443. The molecule has 1 heterocycles. The van der Waals surface area contributed by atoms with E-state index in [0.717, 1.165) is 0 Å². The van der Waals surface area contributed by atoms with Gasteiger partial charge in [0.15, 0.2) is 0 Å². The number of aliphatic hydroxyl groups excluding tert-OH is 1. The molecular weight excluding hydrogens is 234 g/mol. The van der Waals surface area contributed by atoms with Crippen LogP contribution in [0.2, 0.25) is 0 Å². The van der Waals surface area contributed by atoms with E-state index in [1.54, 1.807) is 18.1 Å². The monoisotopic (exact) mass is 251 g/mol. The van der Waals surface area contributed by atoms with Crippen LogP contribution >= 0.6 is 0 Å². The summed E-state index contributed by atoms with van der Waals surface area (Å²) in [5.74, 6) is 0.624. The highest BCUT2D eigenvalue weighted by Gasteiger charge is 2.32. The average Bonchev–Trinajstić information content (AvgIpc) is 2.39. The number of amides is 1. The van der Waals surface area contributed by atoms with Gasteiger partial charge in [0.1, 0.15) is 5.75 Å². The van der Waals surface area contributed by atoms with Crippen LogP contribution in [0.1, 0.15) is 12.8 Å². The first-order valence-electron chi connectivity index (χ1n) is 5.97. The average molecular weight is 251 g/mol. The van der Waals surface area contributed by atoms with E-state index in [9.17, 15) is 4.79 Å². The van der Waals surface area contributed by atoms with E-state index in [1.807, 2.05) is 18.2 Å². The lowest BCUT2D eigenvalue weighted by Crippen LogP contribution is -2.46.